The monoisotopic (exact) mass is 299 g/mol. The second-order valence-corrected chi connectivity index (χ2v) is 6.02. The summed E-state index contributed by atoms with van der Waals surface area (Å²) in [5.74, 6) is -0.372. The van der Waals surface area contributed by atoms with Crippen LogP contribution in [0, 0.1) is 0 Å². The molecule has 0 aliphatic heterocycles. The van der Waals surface area contributed by atoms with Gasteiger partial charge in [-0.05, 0) is 19.1 Å². The predicted octanol–water partition coefficient (Wildman–Crippen LogP) is 1.36. The zero-order chi connectivity index (χ0) is 13.2. The zero-order valence-electron chi connectivity index (χ0n) is 8.81. The highest BCUT2D eigenvalue weighted by atomic mass is 35.5. The van der Waals surface area contributed by atoms with Gasteiger partial charge in [-0.15, -0.1) is 0 Å². The molecule has 1 rings (SSSR count). The minimum absolute atomic E-state index is 0.127. The number of rotatable bonds is 4. The minimum atomic E-state index is -3.81. The molecule has 0 aromatic heterocycles. The minimum Gasteiger partial charge on any atom is -0.505 e. The molecule has 1 aromatic carbocycles. The number of aliphatic hydroxyl groups excluding tert-OH is 1. The predicted molar refractivity (Wildman–Crippen MR) is 65.0 cm³/mol. The Bertz CT molecular complexity index is 493. The molecule has 0 radical (unpaired) electrons. The van der Waals surface area contributed by atoms with Crippen LogP contribution in [0.2, 0.25) is 10.0 Å². The van der Waals surface area contributed by atoms with Crippen molar-refractivity contribution in [2.75, 3.05) is 6.54 Å². The molecule has 17 heavy (non-hydrogen) atoms. The number of benzene rings is 1. The first-order valence-corrected chi connectivity index (χ1v) is 6.83. The van der Waals surface area contributed by atoms with Crippen LogP contribution in [-0.4, -0.2) is 31.3 Å². The molecule has 0 spiro atoms. The van der Waals surface area contributed by atoms with E-state index < -0.39 is 16.1 Å². The van der Waals surface area contributed by atoms with E-state index in [1.165, 1.54) is 6.92 Å². The van der Waals surface area contributed by atoms with E-state index in [2.05, 4.69) is 4.72 Å². The molecule has 1 aromatic rings. The number of aromatic hydroxyl groups is 1. The summed E-state index contributed by atoms with van der Waals surface area (Å²) >= 11 is 11.2. The van der Waals surface area contributed by atoms with Gasteiger partial charge in [0, 0.05) is 6.54 Å². The molecule has 0 bridgehead atoms. The largest absolute Gasteiger partial charge is 0.505 e. The second kappa shape index (κ2) is 5.41. The Labute approximate surface area is 109 Å². The number of halogens is 2. The number of hydrogen-bond acceptors (Lipinski definition) is 4. The summed E-state index contributed by atoms with van der Waals surface area (Å²) in [5.41, 5.74) is 0. The average molecular weight is 300 g/mol. The third-order valence-electron chi connectivity index (χ3n) is 1.87. The number of hydrogen-bond donors (Lipinski definition) is 3. The third kappa shape index (κ3) is 3.72. The van der Waals surface area contributed by atoms with Crippen LogP contribution in [0.1, 0.15) is 6.92 Å². The van der Waals surface area contributed by atoms with Crippen molar-refractivity contribution in [3.05, 3.63) is 22.2 Å². The number of nitrogens with one attached hydrogen (secondary N) is 1. The summed E-state index contributed by atoms with van der Waals surface area (Å²) in [4.78, 5) is -0.175. The van der Waals surface area contributed by atoms with Crippen LogP contribution < -0.4 is 4.72 Å². The van der Waals surface area contributed by atoms with Gasteiger partial charge in [-0.2, -0.15) is 0 Å². The molecule has 0 fully saturated rings. The fraction of sp³-hybridized carbons (Fsp3) is 0.333. The normalized spacial score (nSPS) is 13.6. The van der Waals surface area contributed by atoms with Gasteiger partial charge in [-0.1, -0.05) is 23.2 Å². The lowest BCUT2D eigenvalue weighted by molar-refractivity contribution is 0.198. The molecule has 0 aliphatic rings. The topological polar surface area (TPSA) is 86.6 Å². The van der Waals surface area contributed by atoms with Crippen molar-refractivity contribution in [2.24, 2.45) is 0 Å². The van der Waals surface area contributed by atoms with E-state index in [1.807, 2.05) is 0 Å². The summed E-state index contributed by atoms with van der Waals surface area (Å²) in [5, 5.41) is 18.0. The number of phenols is 1. The highest BCUT2D eigenvalue weighted by Crippen LogP contribution is 2.34. The van der Waals surface area contributed by atoms with Gasteiger partial charge in [0.05, 0.1) is 21.0 Å². The number of phenolic OH excluding ortho intramolecular Hbond substituents is 1. The lowest BCUT2D eigenvalue weighted by Crippen LogP contribution is -2.30. The second-order valence-electron chi connectivity index (χ2n) is 3.44. The average Bonchev–Trinajstić information content (AvgIpc) is 2.22. The zero-order valence-corrected chi connectivity index (χ0v) is 11.1. The third-order valence-corrected chi connectivity index (χ3v) is 3.85. The van der Waals surface area contributed by atoms with Crippen molar-refractivity contribution < 1.29 is 18.6 Å². The smallest absolute Gasteiger partial charge is 0.240 e. The highest BCUT2D eigenvalue weighted by Gasteiger charge is 2.18. The Hall–Kier alpha value is -0.530. The van der Waals surface area contributed by atoms with Crippen LogP contribution >= 0.6 is 23.2 Å². The van der Waals surface area contributed by atoms with Gasteiger partial charge in [-0.25, -0.2) is 13.1 Å². The molecule has 3 N–H and O–H groups in total. The molecule has 0 saturated carbocycles. The van der Waals surface area contributed by atoms with Gasteiger partial charge in [0.2, 0.25) is 10.0 Å². The van der Waals surface area contributed by atoms with Crippen molar-refractivity contribution in [1.29, 1.82) is 0 Å². The maximum Gasteiger partial charge on any atom is 0.240 e. The molecule has 5 nitrogen and oxygen atoms in total. The van der Waals surface area contributed by atoms with Gasteiger partial charge >= 0.3 is 0 Å². The van der Waals surface area contributed by atoms with E-state index in [4.69, 9.17) is 28.3 Å². The van der Waals surface area contributed by atoms with Crippen LogP contribution in [0.15, 0.2) is 17.0 Å². The van der Waals surface area contributed by atoms with Crippen LogP contribution in [0.3, 0.4) is 0 Å². The molecular formula is C9H11Cl2NO4S. The van der Waals surface area contributed by atoms with Crippen LogP contribution in [0.4, 0.5) is 0 Å². The van der Waals surface area contributed by atoms with Gasteiger partial charge in [0.25, 0.3) is 0 Å². The lowest BCUT2D eigenvalue weighted by Gasteiger charge is -2.09. The van der Waals surface area contributed by atoms with E-state index in [0.29, 0.717) is 0 Å². The lowest BCUT2D eigenvalue weighted by atomic mass is 10.3. The standard InChI is InChI=1S/C9H11Cl2NO4S/c1-5(13)4-12-17(15,16)6-2-7(10)9(14)8(11)3-6/h2-3,5,12-14H,4H2,1H3. The summed E-state index contributed by atoms with van der Waals surface area (Å²) in [6.07, 6.45) is -0.812. The van der Waals surface area contributed by atoms with Crippen LogP contribution in [0.5, 0.6) is 5.75 Å². The quantitative estimate of drug-likeness (QED) is 0.783. The van der Waals surface area contributed by atoms with Crippen LogP contribution in [-0.2, 0) is 10.0 Å². The van der Waals surface area contributed by atoms with E-state index in [9.17, 15) is 13.5 Å². The number of aliphatic hydroxyl groups is 1. The Balaban J connectivity index is 3.08. The molecule has 1 unspecified atom stereocenters. The molecule has 1 atom stereocenters. The number of sulfonamides is 1. The Morgan fingerprint density at radius 3 is 2.24 bits per heavy atom. The van der Waals surface area contributed by atoms with Crippen molar-refractivity contribution >= 4 is 33.2 Å². The summed E-state index contributed by atoms with van der Waals surface area (Å²) in [6.45, 7) is 1.32. The molecule has 0 aliphatic carbocycles. The molecule has 8 heteroatoms. The van der Waals surface area contributed by atoms with Crippen molar-refractivity contribution in [3.8, 4) is 5.75 Å². The Morgan fingerprint density at radius 1 is 1.35 bits per heavy atom. The van der Waals surface area contributed by atoms with Gasteiger partial charge in [-0.3, -0.25) is 0 Å². The first-order valence-electron chi connectivity index (χ1n) is 4.60. The molecule has 0 amide bonds. The fourth-order valence-electron chi connectivity index (χ4n) is 1.01. The van der Waals surface area contributed by atoms with Crippen molar-refractivity contribution in [3.63, 3.8) is 0 Å². The van der Waals surface area contributed by atoms with E-state index in [0.717, 1.165) is 12.1 Å². The Morgan fingerprint density at radius 2 is 1.82 bits per heavy atom. The molecule has 0 saturated heterocycles. The van der Waals surface area contributed by atoms with Crippen molar-refractivity contribution in [1.82, 2.24) is 4.72 Å². The fourth-order valence-corrected chi connectivity index (χ4v) is 2.80. The SMILES string of the molecule is CC(O)CNS(=O)(=O)c1cc(Cl)c(O)c(Cl)c1. The van der Waals surface area contributed by atoms with Crippen LogP contribution in [0.25, 0.3) is 0 Å². The van der Waals surface area contributed by atoms with Crippen molar-refractivity contribution in [2.45, 2.75) is 17.9 Å². The summed E-state index contributed by atoms with van der Waals surface area (Å²) in [7, 11) is -3.81. The maximum atomic E-state index is 11.7. The summed E-state index contributed by atoms with van der Waals surface area (Å²) < 4.78 is 25.6. The first-order chi connectivity index (χ1) is 7.74. The Kier molecular flexibility index (Phi) is 4.62. The van der Waals surface area contributed by atoms with E-state index in [-0.39, 0.29) is 27.2 Å². The maximum absolute atomic E-state index is 11.7. The first kappa shape index (κ1) is 14.5. The highest BCUT2D eigenvalue weighted by molar-refractivity contribution is 7.89. The van der Waals surface area contributed by atoms with E-state index in [1.54, 1.807) is 0 Å². The molecular weight excluding hydrogens is 289 g/mol. The summed E-state index contributed by atoms with van der Waals surface area (Å²) in [6, 6.07) is 2.15. The van der Waals surface area contributed by atoms with Gasteiger partial charge in [0.1, 0.15) is 0 Å². The molecule has 96 valence electrons. The molecule has 0 heterocycles. The van der Waals surface area contributed by atoms with Gasteiger partial charge < -0.3 is 10.2 Å². The van der Waals surface area contributed by atoms with Gasteiger partial charge in [0.15, 0.2) is 5.75 Å². The van der Waals surface area contributed by atoms with E-state index >= 15 is 0 Å².